The van der Waals surface area contributed by atoms with E-state index in [1.165, 1.54) is 12.1 Å². The van der Waals surface area contributed by atoms with Gasteiger partial charge in [0.25, 0.3) is 10.0 Å². The number of aromatic carboxylic acids is 1. The maximum absolute atomic E-state index is 13.1. The van der Waals surface area contributed by atoms with Crippen LogP contribution in [0.15, 0.2) is 29.2 Å². The minimum atomic E-state index is -4.04. The molecule has 28 heavy (non-hydrogen) atoms. The van der Waals surface area contributed by atoms with Gasteiger partial charge in [-0.1, -0.05) is 0 Å². The van der Waals surface area contributed by atoms with Crippen molar-refractivity contribution in [3.63, 3.8) is 0 Å². The molecule has 1 atom stereocenters. The smallest absolute Gasteiger partial charge is 0.335 e. The second-order valence-electron chi connectivity index (χ2n) is 6.85. The van der Waals surface area contributed by atoms with Gasteiger partial charge in [0.15, 0.2) is 0 Å². The zero-order valence-corrected chi connectivity index (χ0v) is 17.0. The predicted octanol–water partition coefficient (Wildman–Crippen LogP) is 3.52. The average molecular weight is 405 g/mol. The quantitative estimate of drug-likeness (QED) is 0.762. The van der Waals surface area contributed by atoms with Gasteiger partial charge in [-0.3, -0.25) is 4.72 Å². The Hall–Kier alpha value is -2.74. The Kier molecular flexibility index (Phi) is 5.25. The van der Waals surface area contributed by atoms with Crippen molar-refractivity contribution in [2.24, 2.45) is 0 Å². The van der Waals surface area contributed by atoms with Gasteiger partial charge in [-0.15, -0.1) is 0 Å². The Morgan fingerprint density at radius 3 is 2.64 bits per heavy atom. The van der Waals surface area contributed by atoms with Crippen LogP contribution < -0.4 is 14.2 Å². The molecule has 0 bridgehead atoms. The number of ether oxygens (including phenoxy) is 2. The summed E-state index contributed by atoms with van der Waals surface area (Å²) in [6, 6.07) is 6.02. The number of benzene rings is 2. The molecule has 1 aliphatic heterocycles. The van der Waals surface area contributed by atoms with Crippen LogP contribution in [0, 0.1) is 13.8 Å². The highest BCUT2D eigenvalue weighted by molar-refractivity contribution is 7.92. The van der Waals surface area contributed by atoms with Crippen molar-refractivity contribution in [3.8, 4) is 11.5 Å². The lowest BCUT2D eigenvalue weighted by Gasteiger charge is -2.16. The Bertz CT molecular complexity index is 1050. The predicted molar refractivity (Wildman–Crippen MR) is 105 cm³/mol. The SMILES string of the molecule is CCOc1cc2c(cc1NS(=O)(=O)c1cc(C(=O)O)cc(C)c1C)OC(C)C2. The van der Waals surface area contributed by atoms with Gasteiger partial charge in [-0.25, -0.2) is 13.2 Å². The van der Waals surface area contributed by atoms with Gasteiger partial charge in [0.2, 0.25) is 0 Å². The fourth-order valence-corrected chi connectivity index (χ4v) is 4.63. The highest BCUT2D eigenvalue weighted by atomic mass is 32.2. The minimum Gasteiger partial charge on any atom is -0.492 e. The number of carboxylic acids is 1. The summed E-state index contributed by atoms with van der Waals surface area (Å²) in [6.07, 6.45) is 0.731. The molecule has 0 aliphatic carbocycles. The van der Waals surface area contributed by atoms with Gasteiger partial charge in [-0.05, 0) is 57.0 Å². The number of carboxylic acid groups (broad SMARTS) is 1. The average Bonchev–Trinajstić information content (AvgIpc) is 2.95. The summed E-state index contributed by atoms with van der Waals surface area (Å²) in [7, 11) is -4.04. The van der Waals surface area contributed by atoms with Crippen LogP contribution in [0.25, 0.3) is 0 Å². The van der Waals surface area contributed by atoms with Gasteiger partial charge in [0.05, 0.1) is 22.8 Å². The first kappa shape index (κ1) is 20.0. The molecule has 1 aliphatic rings. The molecule has 150 valence electrons. The summed E-state index contributed by atoms with van der Waals surface area (Å²) >= 11 is 0. The summed E-state index contributed by atoms with van der Waals surface area (Å²) < 4.78 is 40.0. The van der Waals surface area contributed by atoms with Gasteiger partial charge < -0.3 is 14.6 Å². The van der Waals surface area contributed by atoms with Crippen LogP contribution in [0.5, 0.6) is 11.5 Å². The summed E-state index contributed by atoms with van der Waals surface area (Å²) in [4.78, 5) is 11.3. The number of fused-ring (bicyclic) bond motifs is 1. The van der Waals surface area contributed by atoms with Crippen LogP contribution in [-0.2, 0) is 16.4 Å². The largest absolute Gasteiger partial charge is 0.492 e. The highest BCUT2D eigenvalue weighted by Crippen LogP contribution is 2.39. The molecule has 1 unspecified atom stereocenters. The molecule has 2 aromatic rings. The molecule has 1 heterocycles. The number of hydrogen-bond donors (Lipinski definition) is 2. The van der Waals surface area contributed by atoms with Crippen molar-refractivity contribution in [2.45, 2.75) is 45.1 Å². The van der Waals surface area contributed by atoms with Crippen molar-refractivity contribution in [1.29, 1.82) is 0 Å². The van der Waals surface area contributed by atoms with E-state index in [1.54, 1.807) is 26.0 Å². The zero-order valence-electron chi connectivity index (χ0n) is 16.2. The molecular formula is C20H23NO6S. The zero-order chi connectivity index (χ0) is 20.6. The lowest BCUT2D eigenvalue weighted by molar-refractivity contribution is 0.0696. The van der Waals surface area contributed by atoms with Gasteiger partial charge in [0.1, 0.15) is 17.6 Å². The molecule has 0 amide bonds. The summed E-state index contributed by atoms with van der Waals surface area (Å²) in [5.74, 6) is -0.165. The molecule has 3 rings (SSSR count). The van der Waals surface area contributed by atoms with Crippen LogP contribution in [-0.4, -0.2) is 32.2 Å². The molecule has 0 aromatic heterocycles. The van der Waals surface area contributed by atoms with Crippen LogP contribution in [0.2, 0.25) is 0 Å². The minimum absolute atomic E-state index is 0.00785. The van der Waals surface area contributed by atoms with E-state index in [0.29, 0.717) is 29.2 Å². The van der Waals surface area contributed by atoms with Crippen LogP contribution in [0.3, 0.4) is 0 Å². The van der Waals surface area contributed by atoms with E-state index in [1.807, 2.05) is 13.8 Å². The third-order valence-corrected chi connectivity index (χ3v) is 6.19. The number of aryl methyl sites for hydroxylation is 1. The molecule has 7 nitrogen and oxygen atoms in total. The lowest BCUT2D eigenvalue weighted by Crippen LogP contribution is -2.17. The maximum Gasteiger partial charge on any atom is 0.335 e. The number of carbonyl (C=O) groups is 1. The summed E-state index contributed by atoms with van der Waals surface area (Å²) in [6.45, 7) is 7.45. The molecule has 2 N–H and O–H groups in total. The third kappa shape index (κ3) is 3.77. The van der Waals surface area contributed by atoms with Crippen molar-refractivity contribution in [1.82, 2.24) is 0 Å². The second-order valence-corrected chi connectivity index (χ2v) is 8.50. The van der Waals surface area contributed by atoms with Crippen molar-refractivity contribution < 1.29 is 27.8 Å². The normalized spacial score (nSPS) is 15.6. The van der Waals surface area contributed by atoms with Crippen molar-refractivity contribution >= 4 is 21.7 Å². The summed E-state index contributed by atoms with van der Waals surface area (Å²) in [5, 5.41) is 9.27. The van der Waals surface area contributed by atoms with E-state index in [4.69, 9.17) is 9.47 Å². The fraction of sp³-hybridized carbons (Fsp3) is 0.350. The van der Waals surface area contributed by atoms with E-state index in [2.05, 4.69) is 4.72 Å². The van der Waals surface area contributed by atoms with Crippen molar-refractivity contribution in [2.75, 3.05) is 11.3 Å². The standard InChI is InChI=1S/C20H23NO6S/c1-5-26-18-8-14-7-12(3)27-17(14)10-16(18)21-28(24,25)19-9-15(20(22)23)6-11(2)13(19)4/h6,8-10,12,21H,5,7H2,1-4H3,(H,22,23). The summed E-state index contributed by atoms with van der Waals surface area (Å²) in [5.41, 5.74) is 2.20. The van der Waals surface area contributed by atoms with E-state index in [9.17, 15) is 18.3 Å². The number of nitrogens with one attached hydrogen (secondary N) is 1. The maximum atomic E-state index is 13.1. The number of hydrogen-bond acceptors (Lipinski definition) is 5. The van der Waals surface area contributed by atoms with Gasteiger partial charge in [0, 0.05) is 18.1 Å². The Morgan fingerprint density at radius 1 is 1.29 bits per heavy atom. The monoisotopic (exact) mass is 405 g/mol. The van der Waals surface area contributed by atoms with Crippen LogP contribution >= 0.6 is 0 Å². The van der Waals surface area contributed by atoms with E-state index >= 15 is 0 Å². The van der Waals surface area contributed by atoms with Crippen LogP contribution in [0.4, 0.5) is 5.69 Å². The van der Waals surface area contributed by atoms with Crippen LogP contribution in [0.1, 0.15) is 40.9 Å². The van der Waals surface area contributed by atoms with E-state index in [-0.39, 0.29) is 22.3 Å². The van der Waals surface area contributed by atoms with Gasteiger partial charge >= 0.3 is 5.97 Å². The van der Waals surface area contributed by atoms with E-state index < -0.39 is 16.0 Å². The molecule has 0 radical (unpaired) electrons. The Labute approximate surface area is 164 Å². The fourth-order valence-electron chi connectivity index (χ4n) is 3.22. The first-order valence-corrected chi connectivity index (χ1v) is 10.4. The number of anilines is 1. The Balaban J connectivity index is 2.06. The number of sulfonamides is 1. The molecular weight excluding hydrogens is 382 g/mol. The molecule has 0 fully saturated rings. The second kappa shape index (κ2) is 7.35. The highest BCUT2D eigenvalue weighted by Gasteiger charge is 2.26. The first-order valence-electron chi connectivity index (χ1n) is 8.96. The Morgan fingerprint density at radius 2 is 2.00 bits per heavy atom. The number of rotatable bonds is 6. The molecule has 8 heteroatoms. The topological polar surface area (TPSA) is 102 Å². The first-order chi connectivity index (χ1) is 13.1. The molecule has 2 aromatic carbocycles. The lowest BCUT2D eigenvalue weighted by atomic mass is 10.1. The molecule has 0 spiro atoms. The van der Waals surface area contributed by atoms with E-state index in [0.717, 1.165) is 12.0 Å². The van der Waals surface area contributed by atoms with Crippen molar-refractivity contribution in [3.05, 3.63) is 46.5 Å². The molecule has 0 saturated heterocycles. The molecule has 0 saturated carbocycles. The van der Waals surface area contributed by atoms with Gasteiger partial charge in [-0.2, -0.15) is 0 Å². The third-order valence-electron chi connectivity index (χ3n) is 4.70.